The molecule has 0 aliphatic carbocycles. The van der Waals surface area contributed by atoms with Crippen molar-refractivity contribution in [3.63, 3.8) is 0 Å². The van der Waals surface area contributed by atoms with Crippen LogP contribution >= 0.6 is 15.9 Å². The van der Waals surface area contributed by atoms with Crippen LogP contribution in [0.5, 0.6) is 5.75 Å². The van der Waals surface area contributed by atoms with Crippen molar-refractivity contribution >= 4 is 15.9 Å². The highest BCUT2D eigenvalue weighted by Gasteiger charge is 2.10. The molecule has 0 aliphatic rings. The van der Waals surface area contributed by atoms with E-state index in [1.165, 1.54) is 0 Å². The molecule has 1 rings (SSSR count). The molecule has 0 fully saturated rings. The molecule has 0 amide bonds. The Morgan fingerprint density at radius 2 is 2.14 bits per heavy atom. The van der Waals surface area contributed by atoms with E-state index < -0.39 is 0 Å². The first-order valence-corrected chi connectivity index (χ1v) is 5.60. The highest BCUT2D eigenvalue weighted by Crippen LogP contribution is 2.30. The SMILES string of the molecule is CCCC(N)c1cc(Br)c(O)cc1C. The van der Waals surface area contributed by atoms with Gasteiger partial charge in [-0.3, -0.25) is 0 Å². The Kier molecular flexibility index (Phi) is 3.96. The van der Waals surface area contributed by atoms with Gasteiger partial charge in [-0.05, 0) is 52.5 Å². The van der Waals surface area contributed by atoms with Gasteiger partial charge in [-0.2, -0.15) is 0 Å². The number of rotatable bonds is 3. The summed E-state index contributed by atoms with van der Waals surface area (Å²) in [5, 5.41) is 9.45. The van der Waals surface area contributed by atoms with E-state index in [2.05, 4.69) is 22.9 Å². The van der Waals surface area contributed by atoms with E-state index in [1.54, 1.807) is 6.07 Å². The summed E-state index contributed by atoms with van der Waals surface area (Å²) >= 11 is 3.29. The first-order chi connectivity index (χ1) is 6.56. The molecule has 0 saturated carbocycles. The summed E-state index contributed by atoms with van der Waals surface area (Å²) in [5.74, 6) is 0.273. The van der Waals surface area contributed by atoms with Gasteiger partial charge in [-0.15, -0.1) is 0 Å². The average molecular weight is 258 g/mol. The molecule has 3 heteroatoms. The molecule has 0 spiro atoms. The second-order valence-corrected chi connectivity index (χ2v) is 4.41. The summed E-state index contributed by atoms with van der Waals surface area (Å²) < 4.78 is 0.713. The molecule has 1 atom stereocenters. The van der Waals surface area contributed by atoms with Crippen LogP contribution in [0.3, 0.4) is 0 Å². The summed E-state index contributed by atoms with van der Waals surface area (Å²) in [6.45, 7) is 4.08. The molecular weight excluding hydrogens is 242 g/mol. The smallest absolute Gasteiger partial charge is 0.130 e. The molecule has 1 aromatic rings. The monoisotopic (exact) mass is 257 g/mol. The van der Waals surface area contributed by atoms with E-state index in [-0.39, 0.29) is 11.8 Å². The minimum Gasteiger partial charge on any atom is -0.507 e. The highest BCUT2D eigenvalue weighted by molar-refractivity contribution is 9.10. The molecule has 14 heavy (non-hydrogen) atoms. The number of hydrogen-bond donors (Lipinski definition) is 2. The van der Waals surface area contributed by atoms with Crippen LogP contribution in [0.1, 0.15) is 36.9 Å². The molecule has 0 heterocycles. The van der Waals surface area contributed by atoms with Gasteiger partial charge in [-0.1, -0.05) is 13.3 Å². The Labute approximate surface area is 93.3 Å². The first kappa shape index (κ1) is 11.5. The summed E-state index contributed by atoms with van der Waals surface area (Å²) in [6.07, 6.45) is 2.04. The second-order valence-electron chi connectivity index (χ2n) is 3.56. The third kappa shape index (κ3) is 2.49. The van der Waals surface area contributed by atoms with E-state index in [0.717, 1.165) is 24.0 Å². The lowest BCUT2D eigenvalue weighted by Gasteiger charge is -2.14. The van der Waals surface area contributed by atoms with Crippen molar-refractivity contribution in [3.05, 3.63) is 27.7 Å². The summed E-state index contributed by atoms with van der Waals surface area (Å²) in [6, 6.07) is 3.72. The number of halogens is 1. The van der Waals surface area contributed by atoms with Crippen molar-refractivity contribution in [1.29, 1.82) is 0 Å². The minimum atomic E-state index is 0.0666. The Morgan fingerprint density at radius 1 is 1.50 bits per heavy atom. The van der Waals surface area contributed by atoms with E-state index in [9.17, 15) is 5.11 Å². The van der Waals surface area contributed by atoms with Crippen molar-refractivity contribution in [2.75, 3.05) is 0 Å². The molecule has 78 valence electrons. The van der Waals surface area contributed by atoms with Gasteiger partial charge >= 0.3 is 0 Å². The van der Waals surface area contributed by atoms with Crippen molar-refractivity contribution in [3.8, 4) is 5.75 Å². The molecule has 0 bridgehead atoms. The number of benzene rings is 1. The van der Waals surface area contributed by atoms with Gasteiger partial charge in [0.15, 0.2) is 0 Å². The van der Waals surface area contributed by atoms with E-state index in [1.807, 2.05) is 13.0 Å². The molecule has 1 aromatic carbocycles. The van der Waals surface area contributed by atoms with Crippen molar-refractivity contribution in [2.45, 2.75) is 32.7 Å². The molecule has 1 unspecified atom stereocenters. The van der Waals surface area contributed by atoms with Gasteiger partial charge in [-0.25, -0.2) is 0 Å². The largest absolute Gasteiger partial charge is 0.507 e. The quantitative estimate of drug-likeness (QED) is 0.874. The molecule has 0 saturated heterocycles. The Morgan fingerprint density at radius 3 is 2.71 bits per heavy atom. The maximum atomic E-state index is 9.45. The predicted octanol–water partition coefficient (Wildman–Crippen LogP) is 3.26. The molecule has 0 radical (unpaired) electrons. The zero-order valence-electron chi connectivity index (χ0n) is 8.55. The molecule has 0 aromatic heterocycles. The van der Waals surface area contributed by atoms with Crippen LogP contribution in [-0.4, -0.2) is 5.11 Å². The lowest BCUT2D eigenvalue weighted by atomic mass is 9.98. The number of nitrogens with two attached hydrogens (primary N) is 1. The number of phenolic OH excluding ortho intramolecular Hbond substituents is 1. The lowest BCUT2D eigenvalue weighted by molar-refractivity contribution is 0.470. The van der Waals surface area contributed by atoms with Crippen LogP contribution in [0.25, 0.3) is 0 Å². The van der Waals surface area contributed by atoms with Crippen LogP contribution in [-0.2, 0) is 0 Å². The molecular formula is C11H16BrNO. The Bertz CT molecular complexity index is 325. The fraction of sp³-hybridized carbons (Fsp3) is 0.455. The molecule has 0 aliphatic heterocycles. The van der Waals surface area contributed by atoms with Gasteiger partial charge in [0.25, 0.3) is 0 Å². The topological polar surface area (TPSA) is 46.2 Å². The van der Waals surface area contributed by atoms with Crippen molar-refractivity contribution in [1.82, 2.24) is 0 Å². The normalized spacial score (nSPS) is 12.9. The van der Waals surface area contributed by atoms with E-state index >= 15 is 0 Å². The standard InChI is InChI=1S/C11H16BrNO/c1-3-4-10(13)8-6-9(12)11(14)5-7(8)2/h5-6,10,14H,3-4,13H2,1-2H3. The second kappa shape index (κ2) is 4.80. The number of aryl methyl sites for hydroxylation is 1. The number of aromatic hydroxyl groups is 1. The van der Waals surface area contributed by atoms with Gasteiger partial charge in [0.2, 0.25) is 0 Å². The van der Waals surface area contributed by atoms with Crippen molar-refractivity contribution in [2.24, 2.45) is 5.73 Å². The maximum absolute atomic E-state index is 9.45. The summed E-state index contributed by atoms with van der Waals surface area (Å²) in [4.78, 5) is 0. The van der Waals surface area contributed by atoms with Crippen LogP contribution in [0, 0.1) is 6.92 Å². The zero-order chi connectivity index (χ0) is 10.7. The summed E-state index contributed by atoms with van der Waals surface area (Å²) in [5.41, 5.74) is 8.18. The zero-order valence-corrected chi connectivity index (χ0v) is 10.1. The van der Waals surface area contributed by atoms with Gasteiger partial charge in [0.05, 0.1) is 4.47 Å². The minimum absolute atomic E-state index is 0.0666. The third-order valence-corrected chi connectivity index (χ3v) is 2.97. The predicted molar refractivity (Wildman–Crippen MR) is 62.4 cm³/mol. The fourth-order valence-electron chi connectivity index (χ4n) is 1.55. The van der Waals surface area contributed by atoms with Gasteiger partial charge in [0, 0.05) is 6.04 Å². The summed E-state index contributed by atoms with van der Waals surface area (Å²) in [7, 11) is 0. The third-order valence-electron chi connectivity index (χ3n) is 2.33. The van der Waals surface area contributed by atoms with Crippen LogP contribution < -0.4 is 5.73 Å². The number of hydrogen-bond acceptors (Lipinski definition) is 2. The lowest BCUT2D eigenvalue weighted by Crippen LogP contribution is -2.11. The molecule has 3 N–H and O–H groups in total. The number of phenols is 1. The van der Waals surface area contributed by atoms with Crippen molar-refractivity contribution < 1.29 is 5.11 Å². The van der Waals surface area contributed by atoms with Crippen LogP contribution in [0.2, 0.25) is 0 Å². The highest BCUT2D eigenvalue weighted by atomic mass is 79.9. The van der Waals surface area contributed by atoms with Gasteiger partial charge < -0.3 is 10.8 Å². The molecule has 2 nitrogen and oxygen atoms in total. The Hall–Kier alpha value is -0.540. The first-order valence-electron chi connectivity index (χ1n) is 4.80. The van der Waals surface area contributed by atoms with Crippen LogP contribution in [0.15, 0.2) is 16.6 Å². The van der Waals surface area contributed by atoms with E-state index in [4.69, 9.17) is 5.73 Å². The van der Waals surface area contributed by atoms with E-state index in [0.29, 0.717) is 4.47 Å². The average Bonchev–Trinajstić information content (AvgIpc) is 2.11. The fourth-order valence-corrected chi connectivity index (χ4v) is 1.91. The van der Waals surface area contributed by atoms with Gasteiger partial charge in [0.1, 0.15) is 5.75 Å². The van der Waals surface area contributed by atoms with Crippen LogP contribution in [0.4, 0.5) is 0 Å². The maximum Gasteiger partial charge on any atom is 0.130 e. The Balaban J connectivity index is 3.02.